The van der Waals surface area contributed by atoms with Gasteiger partial charge in [0.2, 0.25) is 0 Å². The molecule has 1 N–H and O–H groups in total. The Morgan fingerprint density at radius 2 is 1.87 bits per heavy atom. The molecule has 2 aromatic carbocycles. The van der Waals surface area contributed by atoms with Crippen molar-refractivity contribution in [1.29, 1.82) is 0 Å². The summed E-state index contributed by atoms with van der Waals surface area (Å²) >= 11 is 0. The Hall–Kier alpha value is -3.25. The van der Waals surface area contributed by atoms with Crippen LogP contribution < -0.4 is 10.1 Å². The lowest BCUT2D eigenvalue weighted by Crippen LogP contribution is -2.15. The molecule has 0 spiro atoms. The second-order valence-electron chi connectivity index (χ2n) is 6.92. The molecule has 1 amide bonds. The molecule has 0 aliphatic rings. The molecule has 5 nitrogen and oxygen atoms in total. The Kier molecular flexibility index (Phi) is 7.14. The number of halogens is 1. The summed E-state index contributed by atoms with van der Waals surface area (Å²) in [7, 11) is 0. The predicted octanol–water partition coefficient (Wildman–Crippen LogP) is 6.06. The average molecular weight is 408 g/mol. The van der Waals surface area contributed by atoms with Gasteiger partial charge in [-0.1, -0.05) is 13.0 Å². The standard InChI is InChI=1S/C24H25FN2O3/c1-4-14-29-17(3)23-13-12-22(16(2)26-23)24(28)27-19-6-5-7-21(15-19)30-20-10-8-18(25)9-11-20/h5-13,15,17H,4,14H2,1-3H3,(H,27,28). The van der Waals surface area contributed by atoms with Gasteiger partial charge in [-0.05, 0) is 68.8 Å². The van der Waals surface area contributed by atoms with E-state index < -0.39 is 0 Å². The molecule has 1 aromatic heterocycles. The van der Waals surface area contributed by atoms with Crippen molar-refractivity contribution >= 4 is 11.6 Å². The van der Waals surface area contributed by atoms with Crippen LogP contribution in [0.15, 0.2) is 60.7 Å². The van der Waals surface area contributed by atoms with Crippen LogP contribution in [0.2, 0.25) is 0 Å². The Morgan fingerprint density at radius 3 is 2.57 bits per heavy atom. The van der Waals surface area contributed by atoms with Crippen LogP contribution in [0, 0.1) is 12.7 Å². The fourth-order valence-electron chi connectivity index (χ4n) is 2.90. The number of carbonyl (C=O) groups excluding carboxylic acids is 1. The minimum Gasteiger partial charge on any atom is -0.457 e. The van der Waals surface area contributed by atoms with Gasteiger partial charge in [0.25, 0.3) is 5.91 Å². The minimum atomic E-state index is -0.329. The second-order valence-corrected chi connectivity index (χ2v) is 6.92. The van der Waals surface area contributed by atoms with Crippen LogP contribution in [-0.4, -0.2) is 17.5 Å². The van der Waals surface area contributed by atoms with E-state index in [-0.39, 0.29) is 17.8 Å². The third kappa shape index (κ3) is 5.64. The summed E-state index contributed by atoms with van der Waals surface area (Å²) in [6, 6.07) is 16.3. The van der Waals surface area contributed by atoms with Gasteiger partial charge >= 0.3 is 0 Å². The van der Waals surface area contributed by atoms with E-state index in [1.54, 1.807) is 49.4 Å². The number of carbonyl (C=O) groups is 1. The monoisotopic (exact) mass is 408 g/mol. The lowest BCUT2D eigenvalue weighted by Gasteiger charge is -2.14. The quantitative estimate of drug-likeness (QED) is 0.492. The molecule has 6 heteroatoms. The van der Waals surface area contributed by atoms with Crippen molar-refractivity contribution < 1.29 is 18.7 Å². The van der Waals surface area contributed by atoms with E-state index in [0.29, 0.717) is 35.1 Å². The lowest BCUT2D eigenvalue weighted by molar-refractivity contribution is 0.0632. The van der Waals surface area contributed by atoms with Gasteiger partial charge in [0.05, 0.1) is 23.1 Å². The first-order valence-electron chi connectivity index (χ1n) is 9.90. The first kappa shape index (κ1) is 21.5. The normalized spacial score (nSPS) is 11.7. The number of aryl methyl sites for hydroxylation is 1. The number of pyridine rings is 1. The highest BCUT2D eigenvalue weighted by Gasteiger charge is 2.14. The van der Waals surface area contributed by atoms with E-state index >= 15 is 0 Å². The summed E-state index contributed by atoms with van der Waals surface area (Å²) in [4.78, 5) is 17.3. The van der Waals surface area contributed by atoms with Crippen molar-refractivity contribution in [1.82, 2.24) is 4.98 Å². The van der Waals surface area contributed by atoms with E-state index in [2.05, 4.69) is 17.2 Å². The van der Waals surface area contributed by atoms with Crippen LogP contribution in [0.25, 0.3) is 0 Å². The second kappa shape index (κ2) is 9.98. The van der Waals surface area contributed by atoms with Crippen LogP contribution in [0.4, 0.5) is 10.1 Å². The number of hydrogen-bond donors (Lipinski definition) is 1. The number of amides is 1. The number of aromatic nitrogens is 1. The number of rotatable bonds is 8. The van der Waals surface area contributed by atoms with E-state index in [4.69, 9.17) is 9.47 Å². The zero-order chi connectivity index (χ0) is 21.5. The molecule has 0 saturated carbocycles. The van der Waals surface area contributed by atoms with Crippen molar-refractivity contribution in [3.05, 3.63) is 83.4 Å². The van der Waals surface area contributed by atoms with Gasteiger partial charge in [-0.25, -0.2) is 4.39 Å². The van der Waals surface area contributed by atoms with E-state index in [9.17, 15) is 9.18 Å². The van der Waals surface area contributed by atoms with Crippen LogP contribution >= 0.6 is 0 Å². The third-order valence-electron chi connectivity index (χ3n) is 4.48. The molecule has 0 bridgehead atoms. The molecule has 1 unspecified atom stereocenters. The van der Waals surface area contributed by atoms with Gasteiger partial charge in [-0.2, -0.15) is 0 Å². The fourth-order valence-corrected chi connectivity index (χ4v) is 2.90. The minimum absolute atomic E-state index is 0.124. The maximum absolute atomic E-state index is 13.0. The van der Waals surface area contributed by atoms with Crippen LogP contribution in [-0.2, 0) is 4.74 Å². The Bertz CT molecular complexity index is 1010. The number of nitrogens with zero attached hydrogens (tertiary/aromatic N) is 1. The molecule has 30 heavy (non-hydrogen) atoms. The number of benzene rings is 2. The van der Waals surface area contributed by atoms with Crippen LogP contribution in [0.3, 0.4) is 0 Å². The van der Waals surface area contributed by atoms with E-state index in [1.165, 1.54) is 12.1 Å². The van der Waals surface area contributed by atoms with Crippen molar-refractivity contribution in [2.45, 2.75) is 33.3 Å². The zero-order valence-corrected chi connectivity index (χ0v) is 17.3. The maximum Gasteiger partial charge on any atom is 0.257 e. The highest BCUT2D eigenvalue weighted by molar-refractivity contribution is 6.05. The highest BCUT2D eigenvalue weighted by atomic mass is 19.1. The Balaban J connectivity index is 1.69. The first-order chi connectivity index (χ1) is 14.5. The number of ether oxygens (including phenoxy) is 2. The van der Waals surface area contributed by atoms with Gasteiger partial charge in [0.1, 0.15) is 17.3 Å². The molecule has 1 atom stereocenters. The summed E-state index contributed by atoms with van der Waals surface area (Å²) in [5, 5.41) is 2.87. The fraction of sp³-hybridized carbons (Fsp3) is 0.250. The van der Waals surface area contributed by atoms with Gasteiger partial charge in [0.15, 0.2) is 0 Å². The maximum atomic E-state index is 13.0. The number of hydrogen-bond acceptors (Lipinski definition) is 4. The van der Waals surface area contributed by atoms with E-state index in [0.717, 1.165) is 12.1 Å². The lowest BCUT2D eigenvalue weighted by atomic mass is 10.1. The van der Waals surface area contributed by atoms with Crippen molar-refractivity contribution in [2.24, 2.45) is 0 Å². The van der Waals surface area contributed by atoms with Gasteiger partial charge in [-0.3, -0.25) is 9.78 Å². The largest absolute Gasteiger partial charge is 0.457 e. The molecule has 3 rings (SSSR count). The molecule has 0 fully saturated rings. The molecular weight excluding hydrogens is 383 g/mol. The summed E-state index contributed by atoms with van der Waals surface area (Å²) in [5.41, 5.74) is 2.51. The zero-order valence-electron chi connectivity index (χ0n) is 17.3. The third-order valence-corrected chi connectivity index (χ3v) is 4.48. The molecule has 0 aliphatic carbocycles. The summed E-state index contributed by atoms with van der Waals surface area (Å²) in [6.07, 6.45) is 0.814. The average Bonchev–Trinajstić information content (AvgIpc) is 2.73. The molecule has 3 aromatic rings. The van der Waals surface area contributed by atoms with Crippen molar-refractivity contribution in [3.8, 4) is 11.5 Å². The van der Waals surface area contributed by atoms with Gasteiger partial charge in [0, 0.05) is 18.4 Å². The summed E-state index contributed by atoms with van der Waals surface area (Å²) in [6.45, 7) is 6.47. The first-order valence-corrected chi connectivity index (χ1v) is 9.90. The van der Waals surface area contributed by atoms with E-state index in [1.807, 2.05) is 13.0 Å². The van der Waals surface area contributed by atoms with Gasteiger partial charge < -0.3 is 14.8 Å². The molecule has 0 radical (unpaired) electrons. The smallest absolute Gasteiger partial charge is 0.257 e. The van der Waals surface area contributed by atoms with Crippen LogP contribution in [0.5, 0.6) is 11.5 Å². The van der Waals surface area contributed by atoms with Gasteiger partial charge in [-0.15, -0.1) is 0 Å². The topological polar surface area (TPSA) is 60.5 Å². The molecule has 0 aliphatic heterocycles. The molecular formula is C24H25FN2O3. The highest BCUT2D eigenvalue weighted by Crippen LogP contribution is 2.25. The predicted molar refractivity (Wildman–Crippen MR) is 115 cm³/mol. The molecule has 0 saturated heterocycles. The number of anilines is 1. The molecule has 156 valence electrons. The Morgan fingerprint density at radius 1 is 1.10 bits per heavy atom. The summed E-state index contributed by atoms with van der Waals surface area (Å²) < 4.78 is 24.4. The number of nitrogens with one attached hydrogen (secondary N) is 1. The Labute approximate surface area is 175 Å². The molecule has 1 heterocycles. The van der Waals surface area contributed by atoms with Crippen molar-refractivity contribution in [3.63, 3.8) is 0 Å². The van der Waals surface area contributed by atoms with Crippen molar-refractivity contribution in [2.75, 3.05) is 11.9 Å². The van der Waals surface area contributed by atoms with Crippen LogP contribution in [0.1, 0.15) is 48.1 Å². The SMILES string of the molecule is CCCOC(C)c1ccc(C(=O)Nc2cccc(Oc3ccc(F)cc3)c2)c(C)n1. The summed E-state index contributed by atoms with van der Waals surface area (Å²) in [5.74, 6) is 0.457.